The highest BCUT2D eigenvalue weighted by molar-refractivity contribution is 7.89. The number of nitrogens with zero attached hydrogens (tertiary/aromatic N) is 2. The van der Waals surface area contributed by atoms with Gasteiger partial charge in [-0.25, -0.2) is 13.6 Å². The fourth-order valence-electron chi connectivity index (χ4n) is 3.55. The third kappa shape index (κ3) is 3.89. The largest absolute Gasteiger partial charge is 0.507 e. The highest BCUT2D eigenvalue weighted by Gasteiger charge is 2.47. The number of carbonyl (C=O) groups excluding carboxylic acids is 2. The number of pyridine rings is 1. The Bertz CT molecular complexity index is 1360. The molecule has 8 nitrogen and oxygen atoms in total. The molecular weight excluding hydrogens is 454 g/mol. The van der Waals surface area contributed by atoms with Gasteiger partial charge in [-0.2, -0.15) is 0 Å². The van der Waals surface area contributed by atoms with Gasteiger partial charge < -0.3 is 5.11 Å². The lowest BCUT2D eigenvalue weighted by Gasteiger charge is -2.25. The first-order valence-electron chi connectivity index (χ1n) is 9.28. The maximum atomic E-state index is 13.0. The van der Waals surface area contributed by atoms with Gasteiger partial charge in [0.25, 0.3) is 11.7 Å². The molecule has 0 saturated carbocycles. The van der Waals surface area contributed by atoms with Crippen LogP contribution in [0.4, 0.5) is 5.69 Å². The first-order valence-corrected chi connectivity index (χ1v) is 11.2. The molecule has 1 amide bonds. The van der Waals surface area contributed by atoms with Crippen LogP contribution in [0.5, 0.6) is 0 Å². The predicted octanol–water partition coefficient (Wildman–Crippen LogP) is 3.01. The van der Waals surface area contributed by atoms with E-state index in [0.717, 1.165) is 0 Å². The Morgan fingerprint density at radius 3 is 2.28 bits per heavy atom. The number of sulfonamides is 1. The first-order chi connectivity index (χ1) is 15.2. The molecule has 0 aliphatic carbocycles. The van der Waals surface area contributed by atoms with E-state index in [0.29, 0.717) is 10.6 Å². The molecule has 1 aromatic heterocycles. The van der Waals surface area contributed by atoms with Crippen LogP contribution in [0.15, 0.2) is 83.5 Å². The molecule has 2 aromatic carbocycles. The molecule has 0 radical (unpaired) electrons. The van der Waals surface area contributed by atoms with Crippen molar-refractivity contribution >= 4 is 44.8 Å². The van der Waals surface area contributed by atoms with Gasteiger partial charge in [-0.15, -0.1) is 0 Å². The summed E-state index contributed by atoms with van der Waals surface area (Å²) in [6.07, 6.45) is 3.00. The zero-order valence-electron chi connectivity index (χ0n) is 16.3. The van der Waals surface area contributed by atoms with E-state index in [-0.39, 0.29) is 27.5 Å². The van der Waals surface area contributed by atoms with E-state index in [4.69, 9.17) is 16.7 Å². The highest BCUT2D eigenvalue weighted by Crippen LogP contribution is 2.42. The predicted molar refractivity (Wildman–Crippen MR) is 118 cm³/mol. The third-order valence-electron chi connectivity index (χ3n) is 5.01. The molecule has 1 saturated heterocycles. The SMILES string of the molecule is NS(=O)(=O)c1ccc(N2C(=O)C(=O)/C(=C(/O)c3cccc(Cl)c3)C2c2ccncc2)cc1. The van der Waals surface area contributed by atoms with Crippen LogP contribution in [0.25, 0.3) is 5.76 Å². The summed E-state index contributed by atoms with van der Waals surface area (Å²) in [5, 5.41) is 16.5. The van der Waals surface area contributed by atoms with Crippen LogP contribution >= 0.6 is 11.6 Å². The maximum absolute atomic E-state index is 13.0. The second-order valence-electron chi connectivity index (χ2n) is 7.00. The van der Waals surface area contributed by atoms with E-state index >= 15 is 0 Å². The van der Waals surface area contributed by atoms with Crippen molar-refractivity contribution in [2.24, 2.45) is 5.14 Å². The monoisotopic (exact) mass is 469 g/mol. The van der Waals surface area contributed by atoms with E-state index in [1.165, 1.54) is 47.6 Å². The Morgan fingerprint density at radius 1 is 1.03 bits per heavy atom. The zero-order chi connectivity index (χ0) is 23.0. The van der Waals surface area contributed by atoms with Crippen molar-refractivity contribution in [3.63, 3.8) is 0 Å². The van der Waals surface area contributed by atoms with Gasteiger partial charge in [-0.3, -0.25) is 19.5 Å². The maximum Gasteiger partial charge on any atom is 0.300 e. The van der Waals surface area contributed by atoms with Gasteiger partial charge in [-0.1, -0.05) is 23.7 Å². The minimum Gasteiger partial charge on any atom is -0.507 e. The average Bonchev–Trinajstić information content (AvgIpc) is 3.04. The van der Waals surface area contributed by atoms with E-state index in [1.54, 1.807) is 30.3 Å². The number of halogens is 1. The lowest BCUT2D eigenvalue weighted by molar-refractivity contribution is -0.132. The zero-order valence-corrected chi connectivity index (χ0v) is 17.9. The van der Waals surface area contributed by atoms with Crippen LogP contribution in [0.3, 0.4) is 0 Å². The second-order valence-corrected chi connectivity index (χ2v) is 9.00. The summed E-state index contributed by atoms with van der Waals surface area (Å²) < 4.78 is 23.2. The van der Waals surface area contributed by atoms with Crippen LogP contribution in [0.2, 0.25) is 5.02 Å². The Morgan fingerprint density at radius 2 is 1.69 bits per heavy atom. The Balaban J connectivity index is 1.92. The highest BCUT2D eigenvalue weighted by atomic mass is 35.5. The van der Waals surface area contributed by atoms with Crippen LogP contribution in [-0.4, -0.2) is 30.2 Å². The molecule has 0 bridgehead atoms. The molecule has 162 valence electrons. The molecule has 0 spiro atoms. The number of aromatic nitrogens is 1. The van der Waals surface area contributed by atoms with Gasteiger partial charge in [-0.05, 0) is 54.1 Å². The van der Waals surface area contributed by atoms with E-state index in [2.05, 4.69) is 4.98 Å². The van der Waals surface area contributed by atoms with E-state index in [1.807, 2.05) is 0 Å². The van der Waals surface area contributed by atoms with Crippen molar-refractivity contribution < 1.29 is 23.1 Å². The topological polar surface area (TPSA) is 131 Å². The number of amides is 1. The number of rotatable bonds is 4. The summed E-state index contributed by atoms with van der Waals surface area (Å²) >= 11 is 6.03. The first kappa shape index (κ1) is 21.7. The molecule has 1 aliphatic heterocycles. The van der Waals surface area contributed by atoms with Gasteiger partial charge in [0, 0.05) is 28.7 Å². The van der Waals surface area contributed by atoms with Crippen molar-refractivity contribution in [1.82, 2.24) is 4.98 Å². The van der Waals surface area contributed by atoms with Gasteiger partial charge in [0.2, 0.25) is 10.0 Å². The molecule has 2 heterocycles. The number of carbonyl (C=O) groups is 2. The molecule has 1 aliphatic rings. The van der Waals surface area contributed by atoms with Gasteiger partial charge in [0.05, 0.1) is 16.5 Å². The number of anilines is 1. The van der Waals surface area contributed by atoms with Crippen LogP contribution in [0, 0.1) is 0 Å². The summed E-state index contributed by atoms with van der Waals surface area (Å²) in [5.74, 6) is -2.14. The number of aliphatic hydroxyl groups is 1. The number of primary sulfonamides is 1. The number of hydrogen-bond acceptors (Lipinski definition) is 6. The fourth-order valence-corrected chi connectivity index (χ4v) is 4.25. The van der Waals surface area contributed by atoms with Gasteiger partial charge in [0.15, 0.2) is 0 Å². The quantitative estimate of drug-likeness (QED) is 0.343. The smallest absolute Gasteiger partial charge is 0.300 e. The summed E-state index contributed by atoms with van der Waals surface area (Å²) in [6, 6.07) is 13.8. The van der Waals surface area contributed by atoms with Crippen LogP contribution in [-0.2, 0) is 19.6 Å². The second kappa shape index (κ2) is 8.19. The Kier molecular flexibility index (Phi) is 5.55. The van der Waals surface area contributed by atoms with Gasteiger partial charge >= 0.3 is 0 Å². The number of benzene rings is 2. The molecule has 10 heteroatoms. The molecule has 3 aromatic rings. The lowest BCUT2D eigenvalue weighted by atomic mass is 9.96. The van der Waals surface area contributed by atoms with Crippen molar-refractivity contribution in [1.29, 1.82) is 0 Å². The average molecular weight is 470 g/mol. The molecule has 1 unspecified atom stereocenters. The third-order valence-corrected chi connectivity index (χ3v) is 6.17. The van der Waals surface area contributed by atoms with E-state index in [9.17, 15) is 23.1 Å². The van der Waals surface area contributed by atoms with Crippen LogP contribution in [0.1, 0.15) is 17.2 Å². The molecule has 1 fully saturated rings. The van der Waals surface area contributed by atoms with Gasteiger partial charge in [0.1, 0.15) is 5.76 Å². The summed E-state index contributed by atoms with van der Waals surface area (Å²) in [5.41, 5.74) is 0.933. The lowest BCUT2D eigenvalue weighted by Crippen LogP contribution is -2.29. The Labute approximate surface area is 188 Å². The Hall–Kier alpha value is -3.53. The molecular formula is C22H16ClN3O5S. The minimum absolute atomic E-state index is 0.126. The van der Waals surface area contributed by atoms with E-state index < -0.39 is 27.8 Å². The number of aliphatic hydroxyl groups excluding tert-OH is 1. The summed E-state index contributed by atoms with van der Waals surface area (Å²) in [4.78, 5) is 31.1. The molecule has 1 atom stereocenters. The molecule has 32 heavy (non-hydrogen) atoms. The number of hydrogen-bond donors (Lipinski definition) is 2. The van der Waals surface area contributed by atoms with Crippen LogP contribution < -0.4 is 10.0 Å². The van der Waals surface area contributed by atoms with Crippen molar-refractivity contribution in [2.45, 2.75) is 10.9 Å². The standard InChI is InChI=1S/C22H16ClN3O5S/c23-15-3-1-2-14(12-15)20(27)18-19(13-8-10-25-11-9-13)26(22(29)21(18)28)16-4-6-17(7-5-16)32(24,30)31/h1-12,19,27H,(H2,24,30,31)/b20-18+. The van der Waals surface area contributed by atoms with Crippen molar-refractivity contribution in [2.75, 3.05) is 4.90 Å². The fraction of sp³-hybridized carbons (Fsp3) is 0.0455. The summed E-state index contributed by atoms with van der Waals surface area (Å²) in [7, 11) is -3.94. The molecule has 4 rings (SSSR count). The number of ketones is 1. The molecule has 3 N–H and O–H groups in total. The minimum atomic E-state index is -3.94. The number of Topliss-reactive ketones (excluding diaryl/α,β-unsaturated/α-hetero) is 1. The van der Waals surface area contributed by atoms with Crippen molar-refractivity contribution in [3.8, 4) is 0 Å². The van der Waals surface area contributed by atoms with Crippen molar-refractivity contribution in [3.05, 3.63) is 94.8 Å². The normalized spacial score (nSPS) is 18.2. The summed E-state index contributed by atoms with van der Waals surface area (Å²) in [6.45, 7) is 0. The number of nitrogens with two attached hydrogens (primary N) is 1.